The highest BCUT2D eigenvalue weighted by molar-refractivity contribution is 7.60. The molecule has 0 spiro atoms. The molecule has 1 saturated carbocycles. The van der Waals surface area contributed by atoms with Gasteiger partial charge in [0.15, 0.2) is 0 Å². The molecule has 34 heteroatoms. The fraction of sp³-hybridized carbons (Fsp3) is 1.00. The van der Waals surface area contributed by atoms with Gasteiger partial charge < -0.3 is 63.6 Å². The van der Waals surface area contributed by atoms with Crippen molar-refractivity contribution < 1.29 is 127 Å². The van der Waals surface area contributed by atoms with E-state index in [4.69, 9.17) is 9.79 Å². The first-order valence-electron chi connectivity index (χ1n) is 8.75. The summed E-state index contributed by atoms with van der Waals surface area (Å²) < 4.78 is 109. The average Bonchev–Trinajstić information content (AvgIpc) is 2.57. The molecule has 1 fully saturated rings. The van der Waals surface area contributed by atoms with Crippen LogP contribution in [-0.4, -0.2) is 100 Å². The van der Waals surface area contributed by atoms with E-state index in [1.165, 1.54) is 0 Å². The molecule has 27 nitrogen and oxygen atoms in total. The summed E-state index contributed by atoms with van der Waals surface area (Å²) in [5.41, 5.74) is 0. The fourth-order valence-electron chi connectivity index (χ4n) is 2.94. The molecular formula is C6H19O27P7. The van der Waals surface area contributed by atoms with Gasteiger partial charge in [-0.1, -0.05) is 0 Å². The SMILES string of the molecule is O=P(O)(O)OC1[C@@H](OP(=O)(O)O)[C@H](OP(=O)(O)O)C(OP(=O)(O)OP(=O)(O)O)[C@H](OP(=O)(O)O)[C@H]1OP(=O)(O)O. The number of phosphoric ester groups is 6. The summed E-state index contributed by atoms with van der Waals surface area (Å²) in [5.74, 6) is 0. The van der Waals surface area contributed by atoms with Crippen molar-refractivity contribution in [3.63, 3.8) is 0 Å². The molecule has 0 aliphatic heterocycles. The number of hydrogen-bond donors (Lipinski definition) is 13. The summed E-state index contributed by atoms with van der Waals surface area (Å²) in [6.45, 7) is 0. The molecule has 1 rings (SSSR count). The molecule has 13 N–H and O–H groups in total. The van der Waals surface area contributed by atoms with Crippen LogP contribution in [0.15, 0.2) is 0 Å². The summed E-state index contributed by atoms with van der Waals surface area (Å²) in [7, 11) is -43.3. The Morgan fingerprint density at radius 2 is 0.475 bits per heavy atom. The van der Waals surface area contributed by atoms with Crippen LogP contribution in [-0.2, 0) is 63.4 Å². The van der Waals surface area contributed by atoms with Crippen molar-refractivity contribution in [3.8, 4) is 0 Å². The van der Waals surface area contributed by atoms with Gasteiger partial charge in [-0.2, -0.15) is 4.31 Å². The van der Waals surface area contributed by atoms with Crippen LogP contribution in [0.2, 0.25) is 0 Å². The van der Waals surface area contributed by atoms with E-state index in [2.05, 4.69) is 31.5 Å². The standard InChI is InChI=1S/C6H19O27P7/c7-34(8,9)27-1-2(28-35(10,11)12)4(30-37(16,17)18)6(32-40(25,26)33-39(22,23)24)5(31-38(19,20)21)3(1)29-36(13,14)15/h1-6H,(H,25,26)(H2,7,8,9)(H2,10,11,12)(H2,13,14,15)(H2,16,17,18)(H2,19,20,21)(H2,22,23,24)/t1?,2-,3+,4+,5-,6?. The lowest BCUT2D eigenvalue weighted by molar-refractivity contribution is -0.201. The third-order valence-electron chi connectivity index (χ3n) is 3.70. The zero-order chi connectivity index (χ0) is 31.9. The van der Waals surface area contributed by atoms with E-state index in [0.717, 1.165) is 0 Å². The van der Waals surface area contributed by atoms with Gasteiger partial charge in [0.05, 0.1) is 0 Å². The zero-order valence-corrected chi connectivity index (χ0v) is 24.4. The Hall–Kier alpha value is 0.810. The highest BCUT2D eigenvalue weighted by atomic mass is 31.3. The first-order chi connectivity index (χ1) is 17.3. The lowest BCUT2D eigenvalue weighted by Gasteiger charge is -2.48. The van der Waals surface area contributed by atoms with Crippen LogP contribution in [0.4, 0.5) is 0 Å². The Bertz CT molecular complexity index is 1160. The van der Waals surface area contributed by atoms with Crippen LogP contribution in [0.3, 0.4) is 0 Å². The average molecular weight is 740 g/mol. The highest BCUT2D eigenvalue weighted by Gasteiger charge is 2.63. The van der Waals surface area contributed by atoms with Gasteiger partial charge in [0.2, 0.25) is 0 Å². The predicted molar refractivity (Wildman–Crippen MR) is 112 cm³/mol. The van der Waals surface area contributed by atoms with Gasteiger partial charge in [-0.25, -0.2) is 32.0 Å². The summed E-state index contributed by atoms with van der Waals surface area (Å²) >= 11 is 0. The molecule has 0 bridgehead atoms. The molecule has 0 aromatic heterocycles. The maximum absolute atomic E-state index is 12.2. The van der Waals surface area contributed by atoms with Crippen LogP contribution in [0.5, 0.6) is 0 Å². The molecule has 0 saturated heterocycles. The van der Waals surface area contributed by atoms with Crippen LogP contribution in [0.1, 0.15) is 0 Å². The quantitative estimate of drug-likeness (QED) is 0.0788. The summed E-state index contributed by atoms with van der Waals surface area (Å²) in [4.78, 5) is 119. The van der Waals surface area contributed by atoms with Crippen LogP contribution in [0, 0.1) is 0 Å². The summed E-state index contributed by atoms with van der Waals surface area (Å²) in [6, 6.07) is 0. The topological polar surface area (TPSA) is 447 Å². The second-order valence-electron chi connectivity index (χ2n) is 6.91. The van der Waals surface area contributed by atoms with Gasteiger partial charge in [-0.3, -0.25) is 27.1 Å². The van der Waals surface area contributed by atoms with Gasteiger partial charge in [-0.15, -0.1) is 0 Å². The lowest BCUT2D eigenvalue weighted by Crippen LogP contribution is -2.66. The molecule has 0 aromatic rings. The molecule has 0 radical (unpaired) electrons. The van der Waals surface area contributed by atoms with E-state index in [1.807, 2.05) is 0 Å². The maximum Gasteiger partial charge on any atom is 0.481 e. The van der Waals surface area contributed by atoms with Gasteiger partial charge >= 0.3 is 54.8 Å². The van der Waals surface area contributed by atoms with E-state index in [0.29, 0.717) is 0 Å². The first kappa shape index (κ1) is 38.8. The van der Waals surface area contributed by atoms with Crippen molar-refractivity contribution in [1.82, 2.24) is 0 Å². The Balaban J connectivity index is 4.13. The van der Waals surface area contributed by atoms with E-state index >= 15 is 0 Å². The van der Waals surface area contributed by atoms with Crippen molar-refractivity contribution >= 4 is 54.8 Å². The molecule has 0 amide bonds. The third-order valence-corrected chi connectivity index (χ3v) is 8.48. The second kappa shape index (κ2) is 13.0. The molecule has 1 aliphatic carbocycles. The monoisotopic (exact) mass is 740 g/mol. The molecular weight excluding hydrogens is 721 g/mol. The van der Waals surface area contributed by atoms with Crippen molar-refractivity contribution in [1.29, 1.82) is 0 Å². The third kappa shape index (κ3) is 15.0. The van der Waals surface area contributed by atoms with Crippen LogP contribution < -0.4 is 0 Å². The smallest absolute Gasteiger partial charge is 0.303 e. The molecule has 7 atom stereocenters. The molecule has 3 unspecified atom stereocenters. The van der Waals surface area contributed by atoms with Crippen molar-refractivity contribution in [2.75, 3.05) is 0 Å². The van der Waals surface area contributed by atoms with E-state index in [1.54, 1.807) is 0 Å². The zero-order valence-electron chi connectivity index (χ0n) is 18.1. The maximum atomic E-state index is 12.2. The lowest BCUT2D eigenvalue weighted by atomic mass is 9.85. The molecule has 0 heterocycles. The van der Waals surface area contributed by atoms with E-state index in [-0.39, 0.29) is 0 Å². The molecule has 1 aliphatic rings. The molecule has 40 heavy (non-hydrogen) atoms. The Kier molecular flexibility index (Phi) is 12.7. The number of phosphoric acid groups is 7. The van der Waals surface area contributed by atoms with Gasteiger partial charge in [-0.05, 0) is 0 Å². The van der Waals surface area contributed by atoms with Gasteiger partial charge in [0.1, 0.15) is 36.6 Å². The largest absolute Gasteiger partial charge is 0.481 e. The highest BCUT2D eigenvalue weighted by Crippen LogP contribution is 2.62. The second-order valence-corrected chi connectivity index (χ2v) is 15.7. The summed E-state index contributed by atoms with van der Waals surface area (Å²) in [6.07, 6.45) is -19.9. The van der Waals surface area contributed by atoms with Crippen molar-refractivity contribution in [2.24, 2.45) is 0 Å². The van der Waals surface area contributed by atoms with Crippen molar-refractivity contribution in [3.05, 3.63) is 0 Å². The summed E-state index contributed by atoms with van der Waals surface area (Å²) in [5, 5.41) is 0. The number of rotatable bonds is 14. The van der Waals surface area contributed by atoms with Crippen molar-refractivity contribution in [2.45, 2.75) is 36.6 Å². The van der Waals surface area contributed by atoms with Crippen LogP contribution >= 0.6 is 54.8 Å². The van der Waals surface area contributed by atoms with Gasteiger partial charge in [0.25, 0.3) is 0 Å². The Morgan fingerprint density at radius 1 is 0.300 bits per heavy atom. The minimum absolute atomic E-state index is 3.27. The number of hydrogen-bond acceptors (Lipinski definition) is 14. The fourth-order valence-corrected chi connectivity index (χ4v) is 7.50. The molecule has 0 aromatic carbocycles. The normalized spacial score (nSPS) is 29.2. The Morgan fingerprint density at radius 3 is 0.625 bits per heavy atom. The van der Waals surface area contributed by atoms with Gasteiger partial charge in [0, 0.05) is 0 Å². The van der Waals surface area contributed by atoms with Crippen LogP contribution in [0.25, 0.3) is 0 Å². The molecule has 240 valence electrons. The predicted octanol–water partition coefficient (Wildman–Crippen LogP) is -3.02. The van der Waals surface area contributed by atoms with E-state index in [9.17, 15) is 85.8 Å². The first-order valence-corrected chi connectivity index (χ1v) is 19.4. The Labute approximate surface area is 219 Å². The minimum Gasteiger partial charge on any atom is -0.303 e. The van der Waals surface area contributed by atoms with E-state index < -0.39 is 91.4 Å². The minimum atomic E-state index is -6.43.